The Morgan fingerprint density at radius 1 is 1.15 bits per heavy atom. The topological polar surface area (TPSA) is 76.3 Å². The Balaban J connectivity index is 1.85. The molecule has 170 valence electrons. The highest BCUT2D eigenvalue weighted by Gasteiger charge is 2.15. The molecule has 1 amide bonds. The van der Waals surface area contributed by atoms with Crippen LogP contribution in [-0.2, 0) is 11.4 Å². The van der Waals surface area contributed by atoms with Gasteiger partial charge in [-0.2, -0.15) is 5.26 Å². The molecule has 0 aliphatic carbocycles. The van der Waals surface area contributed by atoms with Crippen molar-refractivity contribution in [1.82, 2.24) is 4.68 Å². The first-order chi connectivity index (χ1) is 15.8. The number of aryl methyl sites for hydroxylation is 2. The van der Waals surface area contributed by atoms with Crippen LogP contribution in [0.5, 0.6) is 11.5 Å². The average Bonchev–Trinajstić information content (AvgIpc) is 3.10. The van der Waals surface area contributed by atoms with E-state index in [9.17, 15) is 10.1 Å². The molecule has 0 saturated carbocycles. The van der Waals surface area contributed by atoms with E-state index in [0.717, 1.165) is 25.0 Å². The van der Waals surface area contributed by atoms with E-state index >= 15 is 0 Å². The number of carbonyl (C=O) groups is 1. The van der Waals surface area contributed by atoms with Gasteiger partial charge in [0.25, 0.3) is 5.91 Å². The summed E-state index contributed by atoms with van der Waals surface area (Å²) in [4.78, 5) is 12.7. The largest absolute Gasteiger partial charge is 0.490 e. The number of nitrogens with one attached hydrogen (secondary N) is 1. The summed E-state index contributed by atoms with van der Waals surface area (Å²) in [5.74, 6) is 0.699. The van der Waals surface area contributed by atoms with Crippen molar-refractivity contribution >= 4 is 50.5 Å². The second-order valence-corrected chi connectivity index (χ2v) is 9.32. The second-order valence-electron chi connectivity index (χ2n) is 7.24. The van der Waals surface area contributed by atoms with Gasteiger partial charge >= 0.3 is 0 Å². The predicted molar refractivity (Wildman–Crippen MR) is 141 cm³/mol. The van der Waals surface area contributed by atoms with Crippen LogP contribution >= 0.6 is 38.5 Å². The minimum atomic E-state index is -0.483. The first-order valence-corrected chi connectivity index (χ1v) is 12.1. The van der Waals surface area contributed by atoms with Gasteiger partial charge in [-0.25, -0.2) is 0 Å². The molecular weight excluding hydrogens is 597 g/mol. The molecule has 0 aliphatic rings. The molecule has 1 aromatic heterocycles. The molecule has 0 saturated heterocycles. The zero-order valence-corrected chi connectivity index (χ0v) is 22.2. The summed E-state index contributed by atoms with van der Waals surface area (Å²) < 4.78 is 15.3. The van der Waals surface area contributed by atoms with Crippen LogP contribution in [0.3, 0.4) is 0 Å². The Hall–Kier alpha value is -2.77. The summed E-state index contributed by atoms with van der Waals surface area (Å²) in [6.45, 7) is 6.50. The van der Waals surface area contributed by atoms with Crippen LogP contribution in [0.4, 0.5) is 0 Å². The second kappa shape index (κ2) is 11.4. The standard InChI is InChI=1S/C25H23BrIN3O3/c1-4-32-23-13-19(11-20(14-28)25(31)29-30-16(2)5-6-17(30)3)12-22(27)24(23)33-15-18-7-9-21(26)10-8-18/h5-13H,4,15H2,1-3H3,(H,29,31)/b20-11-. The normalized spacial score (nSPS) is 11.1. The van der Waals surface area contributed by atoms with Gasteiger partial charge in [0.15, 0.2) is 11.5 Å². The zero-order valence-electron chi connectivity index (χ0n) is 18.5. The number of nitriles is 1. The lowest BCUT2D eigenvalue weighted by Gasteiger charge is -2.15. The maximum atomic E-state index is 12.7. The van der Waals surface area contributed by atoms with Crippen LogP contribution in [0.25, 0.3) is 6.08 Å². The molecule has 0 unspecified atom stereocenters. The monoisotopic (exact) mass is 619 g/mol. The fourth-order valence-corrected chi connectivity index (χ4v) is 4.18. The molecule has 0 radical (unpaired) electrons. The van der Waals surface area contributed by atoms with E-state index in [1.54, 1.807) is 16.8 Å². The molecule has 0 bridgehead atoms. The van der Waals surface area contributed by atoms with Crippen LogP contribution in [-0.4, -0.2) is 17.2 Å². The van der Waals surface area contributed by atoms with E-state index in [2.05, 4.69) is 43.9 Å². The Labute approximate surface area is 215 Å². The molecule has 2 aromatic carbocycles. The molecule has 3 aromatic rings. The smallest absolute Gasteiger partial charge is 0.280 e. The van der Waals surface area contributed by atoms with E-state index < -0.39 is 5.91 Å². The Kier molecular flexibility index (Phi) is 8.58. The zero-order chi connectivity index (χ0) is 24.0. The quantitative estimate of drug-likeness (QED) is 0.187. The summed E-state index contributed by atoms with van der Waals surface area (Å²) >= 11 is 5.60. The molecule has 3 rings (SSSR count). The molecule has 33 heavy (non-hydrogen) atoms. The highest BCUT2D eigenvalue weighted by atomic mass is 127. The van der Waals surface area contributed by atoms with Gasteiger partial charge in [0.05, 0.1) is 10.2 Å². The number of aromatic nitrogens is 1. The van der Waals surface area contributed by atoms with Gasteiger partial charge in [-0.3, -0.25) is 14.9 Å². The minimum absolute atomic E-state index is 0.00993. The molecule has 0 aliphatic heterocycles. The molecule has 8 heteroatoms. The summed E-state index contributed by atoms with van der Waals surface area (Å²) in [6, 6.07) is 17.3. The average molecular weight is 620 g/mol. The molecular formula is C25H23BrIN3O3. The summed E-state index contributed by atoms with van der Waals surface area (Å²) in [6.07, 6.45) is 1.55. The van der Waals surface area contributed by atoms with Crippen LogP contribution in [0.2, 0.25) is 0 Å². The first kappa shape index (κ1) is 24.9. The Morgan fingerprint density at radius 3 is 2.42 bits per heavy atom. The van der Waals surface area contributed by atoms with E-state index in [1.165, 1.54) is 0 Å². The number of amides is 1. The van der Waals surface area contributed by atoms with E-state index in [-0.39, 0.29) is 5.57 Å². The lowest BCUT2D eigenvalue weighted by Crippen LogP contribution is -2.25. The number of ether oxygens (including phenoxy) is 2. The third-order valence-corrected chi connectivity index (χ3v) is 6.12. The fourth-order valence-electron chi connectivity index (χ4n) is 3.13. The van der Waals surface area contributed by atoms with E-state index in [1.807, 2.05) is 69.3 Å². The SMILES string of the molecule is CCOc1cc(/C=C(/C#N)C(=O)Nn2c(C)ccc2C)cc(I)c1OCc1ccc(Br)cc1. The van der Waals surface area contributed by atoms with Gasteiger partial charge < -0.3 is 9.47 Å². The predicted octanol–water partition coefficient (Wildman–Crippen LogP) is 6.13. The minimum Gasteiger partial charge on any atom is -0.490 e. The highest BCUT2D eigenvalue weighted by Crippen LogP contribution is 2.35. The lowest BCUT2D eigenvalue weighted by molar-refractivity contribution is -0.113. The number of hydrogen-bond acceptors (Lipinski definition) is 4. The van der Waals surface area contributed by atoms with Crippen molar-refractivity contribution in [3.05, 3.63) is 84.7 Å². The van der Waals surface area contributed by atoms with Crippen molar-refractivity contribution in [2.45, 2.75) is 27.4 Å². The summed E-state index contributed by atoms with van der Waals surface area (Å²) in [7, 11) is 0. The van der Waals surface area contributed by atoms with Crippen LogP contribution in [0.1, 0.15) is 29.4 Å². The van der Waals surface area contributed by atoms with Crippen LogP contribution < -0.4 is 14.9 Å². The number of hydrogen-bond donors (Lipinski definition) is 1. The van der Waals surface area contributed by atoms with Gasteiger partial charge in [0.1, 0.15) is 18.2 Å². The Bertz CT molecular complexity index is 1210. The van der Waals surface area contributed by atoms with E-state index in [4.69, 9.17) is 9.47 Å². The van der Waals surface area contributed by atoms with Crippen molar-refractivity contribution in [3.63, 3.8) is 0 Å². The van der Waals surface area contributed by atoms with Gasteiger partial charge in [0, 0.05) is 15.9 Å². The molecule has 1 N–H and O–H groups in total. The fraction of sp³-hybridized carbons (Fsp3) is 0.200. The first-order valence-electron chi connectivity index (χ1n) is 10.2. The van der Waals surface area contributed by atoms with Crippen molar-refractivity contribution in [2.75, 3.05) is 12.0 Å². The van der Waals surface area contributed by atoms with Gasteiger partial charge in [-0.05, 0) is 97.0 Å². The molecule has 0 fully saturated rings. The number of carbonyl (C=O) groups excluding carboxylic acids is 1. The third-order valence-electron chi connectivity index (χ3n) is 4.79. The lowest BCUT2D eigenvalue weighted by atomic mass is 10.1. The number of halogens is 2. The molecule has 1 heterocycles. The van der Waals surface area contributed by atoms with Crippen LogP contribution in [0.15, 0.2) is 58.6 Å². The molecule has 0 atom stereocenters. The number of nitrogens with zero attached hydrogens (tertiary/aromatic N) is 2. The van der Waals surface area contributed by atoms with E-state index in [0.29, 0.717) is 30.3 Å². The van der Waals surface area contributed by atoms with Crippen molar-refractivity contribution in [2.24, 2.45) is 0 Å². The Morgan fingerprint density at radius 2 is 1.82 bits per heavy atom. The molecule has 6 nitrogen and oxygen atoms in total. The van der Waals surface area contributed by atoms with Gasteiger partial charge in [-0.15, -0.1) is 0 Å². The highest BCUT2D eigenvalue weighted by molar-refractivity contribution is 14.1. The van der Waals surface area contributed by atoms with Crippen molar-refractivity contribution < 1.29 is 14.3 Å². The number of rotatable bonds is 8. The summed E-state index contributed by atoms with van der Waals surface area (Å²) in [5, 5.41) is 9.60. The maximum absolute atomic E-state index is 12.7. The third kappa shape index (κ3) is 6.39. The van der Waals surface area contributed by atoms with Crippen LogP contribution in [0, 0.1) is 28.7 Å². The summed E-state index contributed by atoms with van der Waals surface area (Å²) in [5.41, 5.74) is 6.20. The van der Waals surface area contributed by atoms with Gasteiger partial charge in [-0.1, -0.05) is 28.1 Å². The number of benzene rings is 2. The maximum Gasteiger partial charge on any atom is 0.280 e. The van der Waals surface area contributed by atoms with Crippen molar-refractivity contribution in [1.29, 1.82) is 5.26 Å². The molecule has 0 spiro atoms. The van der Waals surface area contributed by atoms with Gasteiger partial charge in [0.2, 0.25) is 0 Å². The van der Waals surface area contributed by atoms with Crippen molar-refractivity contribution in [3.8, 4) is 17.6 Å².